The maximum absolute atomic E-state index is 12.4. The summed E-state index contributed by atoms with van der Waals surface area (Å²) in [6.07, 6.45) is 7.74. The van der Waals surface area contributed by atoms with Gasteiger partial charge in [-0.25, -0.2) is 9.67 Å². The van der Waals surface area contributed by atoms with Crippen molar-refractivity contribution in [3.05, 3.63) is 27.0 Å². The third kappa shape index (κ3) is 3.66. The summed E-state index contributed by atoms with van der Waals surface area (Å²) in [6.45, 7) is 4.45. The molecule has 0 radical (unpaired) electrons. The molecule has 26 heavy (non-hydrogen) atoms. The van der Waals surface area contributed by atoms with Crippen LogP contribution in [0.4, 0.5) is 0 Å². The molecule has 0 bridgehead atoms. The van der Waals surface area contributed by atoms with E-state index in [0.29, 0.717) is 18.3 Å². The van der Waals surface area contributed by atoms with Crippen molar-refractivity contribution in [2.75, 3.05) is 19.6 Å². The van der Waals surface area contributed by atoms with E-state index in [1.807, 2.05) is 22.9 Å². The highest BCUT2D eigenvalue weighted by Crippen LogP contribution is 2.27. The van der Waals surface area contributed by atoms with Crippen LogP contribution in [0.15, 0.2) is 0 Å². The Labute approximate surface area is 157 Å². The number of nitrogens with one attached hydrogen (secondary N) is 2. The molecule has 1 aliphatic heterocycles. The molecule has 2 N–H and O–H groups in total. The van der Waals surface area contributed by atoms with Crippen molar-refractivity contribution < 1.29 is 4.79 Å². The van der Waals surface area contributed by atoms with E-state index in [4.69, 9.17) is 4.98 Å². The van der Waals surface area contributed by atoms with Gasteiger partial charge in [0.15, 0.2) is 5.69 Å². The lowest BCUT2D eigenvalue weighted by molar-refractivity contribution is 0.0947. The van der Waals surface area contributed by atoms with Crippen LogP contribution in [0.3, 0.4) is 0 Å². The van der Waals surface area contributed by atoms with Gasteiger partial charge in [0.05, 0.1) is 22.4 Å². The fourth-order valence-electron chi connectivity index (χ4n) is 3.78. The third-order valence-corrected chi connectivity index (χ3v) is 6.48. The highest BCUT2D eigenvalue weighted by atomic mass is 32.1. The van der Waals surface area contributed by atoms with E-state index in [9.17, 15) is 4.79 Å². The van der Waals surface area contributed by atoms with Crippen molar-refractivity contribution in [2.45, 2.75) is 57.9 Å². The van der Waals surface area contributed by atoms with Crippen LogP contribution in [0.1, 0.15) is 63.5 Å². The maximum Gasteiger partial charge on any atom is 0.273 e. The van der Waals surface area contributed by atoms with Crippen LogP contribution in [0, 0.1) is 6.92 Å². The smallest absolute Gasteiger partial charge is 0.273 e. The molecule has 1 atom stereocenters. The van der Waals surface area contributed by atoms with Gasteiger partial charge in [0, 0.05) is 24.4 Å². The van der Waals surface area contributed by atoms with E-state index >= 15 is 0 Å². The Morgan fingerprint density at radius 2 is 2.27 bits per heavy atom. The number of aryl methyl sites for hydroxylation is 3. The zero-order chi connectivity index (χ0) is 17.9. The first-order chi connectivity index (χ1) is 12.7. The second-order valence-corrected chi connectivity index (χ2v) is 8.33. The van der Waals surface area contributed by atoms with Crippen LogP contribution in [0.5, 0.6) is 0 Å². The Hall–Kier alpha value is -1.80. The van der Waals surface area contributed by atoms with E-state index < -0.39 is 0 Å². The van der Waals surface area contributed by atoms with Gasteiger partial charge in [-0.3, -0.25) is 4.79 Å². The molecule has 2 aromatic rings. The number of aromatic nitrogens is 4. The molecule has 2 aromatic heterocycles. The molecule has 1 fully saturated rings. The Morgan fingerprint density at radius 3 is 3.08 bits per heavy atom. The highest BCUT2D eigenvalue weighted by molar-refractivity contribution is 7.11. The van der Waals surface area contributed by atoms with Gasteiger partial charge in [-0.15, -0.1) is 16.4 Å². The molecule has 8 heteroatoms. The lowest BCUT2D eigenvalue weighted by Gasteiger charge is -2.10. The van der Waals surface area contributed by atoms with E-state index in [1.165, 1.54) is 34.8 Å². The summed E-state index contributed by atoms with van der Waals surface area (Å²) in [7, 11) is 0. The van der Waals surface area contributed by atoms with Crippen molar-refractivity contribution in [3.8, 4) is 0 Å². The number of thiazole rings is 1. The maximum atomic E-state index is 12.4. The minimum absolute atomic E-state index is 0.127. The predicted octanol–water partition coefficient (Wildman–Crippen LogP) is 1.82. The third-order valence-electron chi connectivity index (χ3n) is 5.27. The van der Waals surface area contributed by atoms with Gasteiger partial charge in [-0.05, 0) is 52.0 Å². The number of nitrogens with zero attached hydrogens (tertiary/aromatic N) is 4. The van der Waals surface area contributed by atoms with Gasteiger partial charge in [0.1, 0.15) is 0 Å². The molecule has 4 rings (SSSR count). The SMILES string of the molecule is Cc1c(C(=O)NCCCc2nc3c(s2)CCCC3)nnn1C1CCNC1. The molecular weight excluding hydrogens is 348 g/mol. The van der Waals surface area contributed by atoms with Crippen molar-refractivity contribution >= 4 is 17.2 Å². The van der Waals surface area contributed by atoms with Crippen LogP contribution in [0.2, 0.25) is 0 Å². The summed E-state index contributed by atoms with van der Waals surface area (Å²) in [5.74, 6) is -0.127. The van der Waals surface area contributed by atoms with E-state index in [-0.39, 0.29) is 5.91 Å². The largest absolute Gasteiger partial charge is 0.351 e. The molecule has 1 unspecified atom stereocenters. The fraction of sp³-hybridized carbons (Fsp3) is 0.667. The summed E-state index contributed by atoms with van der Waals surface area (Å²) in [6, 6.07) is 0.306. The molecule has 1 amide bonds. The average molecular weight is 375 g/mol. The van der Waals surface area contributed by atoms with E-state index in [0.717, 1.165) is 44.5 Å². The number of amides is 1. The molecule has 1 saturated heterocycles. The number of hydrogen-bond donors (Lipinski definition) is 2. The first-order valence-corrected chi connectivity index (χ1v) is 10.4. The summed E-state index contributed by atoms with van der Waals surface area (Å²) in [5.41, 5.74) is 2.61. The number of rotatable bonds is 6. The minimum atomic E-state index is -0.127. The zero-order valence-electron chi connectivity index (χ0n) is 15.3. The van der Waals surface area contributed by atoms with Crippen molar-refractivity contribution in [1.82, 2.24) is 30.6 Å². The van der Waals surface area contributed by atoms with Crippen LogP contribution >= 0.6 is 11.3 Å². The number of fused-ring (bicyclic) bond motifs is 1. The molecule has 1 aliphatic carbocycles. The highest BCUT2D eigenvalue weighted by Gasteiger charge is 2.23. The Morgan fingerprint density at radius 1 is 1.38 bits per heavy atom. The Kier molecular flexibility index (Phi) is 5.31. The number of hydrogen-bond acceptors (Lipinski definition) is 6. The quantitative estimate of drug-likeness (QED) is 0.754. The summed E-state index contributed by atoms with van der Waals surface area (Å²) < 4.78 is 1.88. The number of carbonyl (C=O) groups excluding carboxylic acids is 1. The molecule has 0 spiro atoms. The molecule has 0 saturated carbocycles. The van der Waals surface area contributed by atoms with Crippen LogP contribution in [0.25, 0.3) is 0 Å². The molecule has 2 aliphatic rings. The predicted molar refractivity (Wildman–Crippen MR) is 101 cm³/mol. The topological polar surface area (TPSA) is 84.7 Å². The summed E-state index contributed by atoms with van der Waals surface area (Å²) in [5, 5.41) is 15.8. The summed E-state index contributed by atoms with van der Waals surface area (Å²) >= 11 is 1.85. The molecule has 3 heterocycles. The first-order valence-electron chi connectivity index (χ1n) is 9.60. The molecule has 0 aromatic carbocycles. The second-order valence-electron chi connectivity index (χ2n) is 7.16. The molecule has 7 nitrogen and oxygen atoms in total. The van der Waals surface area contributed by atoms with E-state index in [1.54, 1.807) is 0 Å². The standard InChI is InChI=1S/C18H26N6OS/c1-12-17(22-23-24(12)13-8-10-19-11-13)18(25)20-9-4-7-16-21-14-5-2-3-6-15(14)26-16/h13,19H,2-11H2,1H3,(H,20,25). The lowest BCUT2D eigenvalue weighted by atomic mass is 10.0. The monoisotopic (exact) mass is 374 g/mol. The Balaban J connectivity index is 1.27. The summed E-state index contributed by atoms with van der Waals surface area (Å²) in [4.78, 5) is 18.6. The first kappa shape index (κ1) is 17.6. The van der Waals surface area contributed by atoms with E-state index in [2.05, 4.69) is 20.9 Å². The van der Waals surface area contributed by atoms with Gasteiger partial charge in [0.2, 0.25) is 0 Å². The molecular formula is C18H26N6OS. The lowest BCUT2D eigenvalue weighted by Crippen LogP contribution is -2.26. The molecule has 140 valence electrons. The van der Waals surface area contributed by atoms with Gasteiger partial charge in [0.25, 0.3) is 5.91 Å². The van der Waals surface area contributed by atoms with Crippen LogP contribution in [-0.4, -0.2) is 45.5 Å². The normalized spacial score (nSPS) is 19.5. The fourth-order valence-corrected chi connectivity index (χ4v) is 4.98. The number of carbonyl (C=O) groups is 1. The van der Waals surface area contributed by atoms with Gasteiger partial charge >= 0.3 is 0 Å². The van der Waals surface area contributed by atoms with Gasteiger partial charge in [-0.1, -0.05) is 5.21 Å². The van der Waals surface area contributed by atoms with Crippen molar-refractivity contribution in [1.29, 1.82) is 0 Å². The second kappa shape index (κ2) is 7.84. The zero-order valence-corrected chi connectivity index (χ0v) is 16.1. The van der Waals surface area contributed by atoms with Crippen LogP contribution in [-0.2, 0) is 19.3 Å². The van der Waals surface area contributed by atoms with Crippen LogP contribution < -0.4 is 10.6 Å². The minimum Gasteiger partial charge on any atom is -0.351 e. The van der Waals surface area contributed by atoms with Crippen molar-refractivity contribution in [3.63, 3.8) is 0 Å². The average Bonchev–Trinajstić information content (AvgIpc) is 3.37. The Bertz CT molecular complexity index is 753. The van der Waals surface area contributed by atoms with Gasteiger partial charge in [-0.2, -0.15) is 0 Å². The van der Waals surface area contributed by atoms with Crippen molar-refractivity contribution in [2.24, 2.45) is 0 Å². The van der Waals surface area contributed by atoms with Gasteiger partial charge < -0.3 is 10.6 Å².